The van der Waals surface area contributed by atoms with Crippen LogP contribution in [0, 0.1) is 13.8 Å². The van der Waals surface area contributed by atoms with Crippen molar-refractivity contribution in [1.29, 1.82) is 0 Å². The predicted octanol–water partition coefficient (Wildman–Crippen LogP) is 3.33. The molecule has 0 unspecified atom stereocenters. The Labute approximate surface area is 175 Å². The van der Waals surface area contributed by atoms with Crippen molar-refractivity contribution in [2.45, 2.75) is 34.2 Å². The lowest BCUT2D eigenvalue weighted by Gasteiger charge is -2.21. The molecule has 0 spiro atoms. The molecule has 1 amide bonds. The van der Waals surface area contributed by atoms with E-state index < -0.39 is 5.97 Å². The minimum absolute atomic E-state index is 0.0855. The third-order valence-electron chi connectivity index (χ3n) is 4.75. The van der Waals surface area contributed by atoms with E-state index >= 15 is 0 Å². The number of ether oxygens (including phenoxy) is 2. The van der Waals surface area contributed by atoms with Crippen molar-refractivity contribution < 1.29 is 23.9 Å². The summed E-state index contributed by atoms with van der Waals surface area (Å²) in [6.07, 6.45) is 0. The van der Waals surface area contributed by atoms with Gasteiger partial charge in [-0.25, -0.2) is 4.79 Å². The second kappa shape index (κ2) is 10.4. The third-order valence-corrected chi connectivity index (χ3v) is 5.61. The van der Waals surface area contributed by atoms with Crippen molar-refractivity contribution in [3.8, 4) is 0 Å². The number of methoxy groups -OCH3 is 1. The Morgan fingerprint density at radius 1 is 1.21 bits per heavy atom. The van der Waals surface area contributed by atoms with Crippen LogP contribution in [0.25, 0.3) is 0 Å². The first-order chi connectivity index (χ1) is 13.9. The lowest BCUT2D eigenvalue weighted by atomic mass is 10.1. The summed E-state index contributed by atoms with van der Waals surface area (Å²) >= 11 is 1.33. The number of amides is 1. The zero-order chi connectivity index (χ0) is 21.6. The molecule has 7 nitrogen and oxygen atoms in total. The van der Waals surface area contributed by atoms with E-state index in [-0.39, 0.29) is 24.8 Å². The molecule has 0 saturated carbocycles. The van der Waals surface area contributed by atoms with E-state index in [4.69, 9.17) is 9.47 Å². The number of nitrogens with zero attached hydrogens (tertiary/aromatic N) is 2. The van der Waals surface area contributed by atoms with Crippen molar-refractivity contribution in [3.05, 3.63) is 44.9 Å². The van der Waals surface area contributed by atoms with Crippen LogP contribution in [-0.4, -0.2) is 60.5 Å². The fourth-order valence-electron chi connectivity index (χ4n) is 3.43. The van der Waals surface area contributed by atoms with Gasteiger partial charge >= 0.3 is 5.97 Å². The lowest BCUT2D eigenvalue weighted by molar-refractivity contribution is 0.0512. The van der Waals surface area contributed by atoms with Crippen molar-refractivity contribution >= 4 is 29.0 Å². The first kappa shape index (κ1) is 22.8. The summed E-state index contributed by atoms with van der Waals surface area (Å²) in [6.45, 7) is 8.56. The number of hydrogen-bond donors (Lipinski definition) is 0. The van der Waals surface area contributed by atoms with Crippen LogP contribution in [0.4, 0.5) is 0 Å². The zero-order valence-electron chi connectivity index (χ0n) is 17.6. The Morgan fingerprint density at radius 3 is 2.48 bits per heavy atom. The number of ketones is 1. The van der Waals surface area contributed by atoms with Gasteiger partial charge in [-0.15, -0.1) is 11.3 Å². The van der Waals surface area contributed by atoms with E-state index in [1.54, 1.807) is 37.7 Å². The molecule has 29 heavy (non-hydrogen) atoms. The van der Waals surface area contributed by atoms with Crippen LogP contribution >= 0.6 is 11.3 Å². The molecular formula is C21H28N2O5S. The Bertz CT molecular complexity index is 870. The molecule has 0 aliphatic heterocycles. The molecule has 2 heterocycles. The van der Waals surface area contributed by atoms with Gasteiger partial charge in [0.1, 0.15) is 5.69 Å². The summed E-state index contributed by atoms with van der Waals surface area (Å²) < 4.78 is 12.1. The highest BCUT2D eigenvalue weighted by molar-refractivity contribution is 7.12. The first-order valence-electron chi connectivity index (χ1n) is 9.58. The standard InChI is InChI=1S/C21H28N2O5S/c1-6-23-15(4)18(14(3)19(23)21(26)28-7-2)16(24)13-22(10-11-27-5)20(25)17-9-8-12-29-17/h8-9,12H,6-7,10-11,13H2,1-5H3. The summed E-state index contributed by atoms with van der Waals surface area (Å²) in [5.41, 5.74) is 2.15. The molecule has 0 atom stereocenters. The van der Waals surface area contributed by atoms with E-state index in [0.717, 1.165) is 0 Å². The van der Waals surface area contributed by atoms with Crippen molar-refractivity contribution in [2.24, 2.45) is 0 Å². The van der Waals surface area contributed by atoms with Gasteiger partial charge in [0, 0.05) is 31.5 Å². The number of carbonyl (C=O) groups excluding carboxylic acids is 3. The molecule has 0 saturated heterocycles. The van der Waals surface area contributed by atoms with Crippen molar-refractivity contribution in [3.63, 3.8) is 0 Å². The summed E-state index contributed by atoms with van der Waals surface area (Å²) in [7, 11) is 1.55. The Hall–Kier alpha value is -2.45. The van der Waals surface area contributed by atoms with E-state index in [9.17, 15) is 14.4 Å². The molecule has 8 heteroatoms. The molecule has 2 aromatic heterocycles. The SMILES string of the molecule is CCOC(=O)c1c(C)c(C(=O)CN(CCOC)C(=O)c2cccs2)c(C)n1CC. The second-order valence-corrected chi connectivity index (χ2v) is 7.47. The number of rotatable bonds is 10. The Morgan fingerprint density at radius 2 is 1.93 bits per heavy atom. The minimum Gasteiger partial charge on any atom is -0.461 e. The highest BCUT2D eigenvalue weighted by atomic mass is 32.1. The van der Waals surface area contributed by atoms with Crippen molar-refractivity contribution in [1.82, 2.24) is 9.47 Å². The molecule has 0 aliphatic rings. The molecule has 0 bridgehead atoms. The highest BCUT2D eigenvalue weighted by Crippen LogP contribution is 2.24. The van der Waals surface area contributed by atoms with E-state index in [1.807, 2.05) is 19.2 Å². The van der Waals surface area contributed by atoms with Crippen LogP contribution in [-0.2, 0) is 16.0 Å². The second-order valence-electron chi connectivity index (χ2n) is 6.52. The highest BCUT2D eigenvalue weighted by Gasteiger charge is 2.28. The summed E-state index contributed by atoms with van der Waals surface area (Å²) in [5.74, 6) is -0.861. The zero-order valence-corrected chi connectivity index (χ0v) is 18.4. The van der Waals surface area contributed by atoms with Gasteiger partial charge in [-0.2, -0.15) is 0 Å². The molecule has 0 N–H and O–H groups in total. The number of thiophene rings is 1. The molecular weight excluding hydrogens is 392 g/mol. The third kappa shape index (κ3) is 4.94. The van der Waals surface area contributed by atoms with Crippen LogP contribution in [0.3, 0.4) is 0 Å². The first-order valence-corrected chi connectivity index (χ1v) is 10.5. The number of aromatic nitrogens is 1. The quantitative estimate of drug-likeness (QED) is 0.435. The summed E-state index contributed by atoms with van der Waals surface area (Å²) in [5, 5.41) is 1.82. The number of hydrogen-bond acceptors (Lipinski definition) is 6. The molecule has 0 aliphatic carbocycles. The largest absolute Gasteiger partial charge is 0.461 e. The number of Topliss-reactive ketones (excluding diaryl/α,β-unsaturated/α-hetero) is 1. The van der Waals surface area contributed by atoms with Crippen molar-refractivity contribution in [2.75, 3.05) is 33.4 Å². The van der Waals surface area contributed by atoms with Crippen LogP contribution in [0.2, 0.25) is 0 Å². The number of carbonyl (C=O) groups is 3. The van der Waals surface area contributed by atoms with Gasteiger partial charge in [-0.1, -0.05) is 6.07 Å². The molecule has 0 aromatic carbocycles. The topological polar surface area (TPSA) is 77.8 Å². The monoisotopic (exact) mass is 420 g/mol. The van der Waals surface area contributed by atoms with Crippen LogP contribution in [0.15, 0.2) is 17.5 Å². The molecule has 158 valence electrons. The maximum Gasteiger partial charge on any atom is 0.355 e. The lowest BCUT2D eigenvalue weighted by Crippen LogP contribution is -2.38. The molecule has 2 aromatic rings. The van der Waals surface area contributed by atoms with E-state index in [0.29, 0.717) is 47.1 Å². The maximum atomic E-state index is 13.2. The summed E-state index contributed by atoms with van der Waals surface area (Å²) in [6, 6.07) is 3.54. The van der Waals surface area contributed by atoms with Gasteiger partial charge in [0.2, 0.25) is 0 Å². The molecule has 2 rings (SSSR count). The maximum absolute atomic E-state index is 13.2. The Kier molecular flexibility index (Phi) is 8.16. The van der Waals surface area contributed by atoms with Gasteiger partial charge in [0.05, 0.1) is 24.6 Å². The van der Waals surface area contributed by atoms with Gasteiger partial charge in [-0.3, -0.25) is 9.59 Å². The number of esters is 1. The molecule has 0 radical (unpaired) electrons. The van der Waals surface area contributed by atoms with Crippen LogP contribution in [0.5, 0.6) is 0 Å². The van der Waals surface area contributed by atoms with E-state index in [1.165, 1.54) is 16.2 Å². The summed E-state index contributed by atoms with van der Waals surface area (Å²) in [4.78, 5) is 40.5. The minimum atomic E-state index is -0.445. The molecule has 0 fully saturated rings. The fourth-order valence-corrected chi connectivity index (χ4v) is 4.12. The predicted molar refractivity (Wildman–Crippen MR) is 112 cm³/mol. The smallest absolute Gasteiger partial charge is 0.355 e. The van der Waals surface area contributed by atoms with Gasteiger partial charge in [-0.05, 0) is 44.7 Å². The average Bonchev–Trinajstić information content (AvgIpc) is 3.30. The average molecular weight is 421 g/mol. The van der Waals surface area contributed by atoms with E-state index in [2.05, 4.69) is 0 Å². The fraction of sp³-hybridized carbons (Fsp3) is 0.476. The Balaban J connectivity index is 2.36. The van der Waals surface area contributed by atoms with Crippen LogP contribution < -0.4 is 0 Å². The van der Waals surface area contributed by atoms with Gasteiger partial charge in [0.25, 0.3) is 5.91 Å². The van der Waals surface area contributed by atoms with Gasteiger partial charge in [0.15, 0.2) is 5.78 Å². The van der Waals surface area contributed by atoms with Gasteiger partial charge < -0.3 is 18.9 Å². The normalized spacial score (nSPS) is 10.8. The van der Waals surface area contributed by atoms with Crippen LogP contribution in [0.1, 0.15) is 55.6 Å².